The number of amides is 2. The second-order valence-electron chi connectivity index (χ2n) is 6.13. The van der Waals surface area contributed by atoms with Crippen LogP contribution in [0.15, 0.2) is 30.3 Å². The molecule has 8 nitrogen and oxygen atoms in total. The van der Waals surface area contributed by atoms with Crippen LogP contribution in [-0.4, -0.2) is 59.8 Å². The molecule has 2 amide bonds. The van der Waals surface area contributed by atoms with Crippen LogP contribution < -0.4 is 5.32 Å². The van der Waals surface area contributed by atoms with Crippen LogP contribution in [0.5, 0.6) is 0 Å². The highest BCUT2D eigenvalue weighted by molar-refractivity contribution is 5.80. The lowest BCUT2D eigenvalue weighted by atomic mass is 10.0. The second-order valence-corrected chi connectivity index (χ2v) is 6.13. The smallest absolute Gasteiger partial charge is 0.410 e. The molecule has 136 valence electrons. The Morgan fingerprint density at radius 3 is 2.72 bits per heavy atom. The molecule has 2 N–H and O–H groups in total. The van der Waals surface area contributed by atoms with Gasteiger partial charge in [0.2, 0.25) is 6.29 Å². The molecule has 2 atom stereocenters. The Kier molecular flexibility index (Phi) is 5.52. The van der Waals surface area contributed by atoms with Gasteiger partial charge in [-0.3, -0.25) is 4.79 Å². The van der Waals surface area contributed by atoms with Gasteiger partial charge in [0.15, 0.2) is 6.29 Å². The average Bonchev–Trinajstić information content (AvgIpc) is 2.59. The maximum atomic E-state index is 12.2. The first kappa shape index (κ1) is 17.7. The molecule has 0 bridgehead atoms. The van der Waals surface area contributed by atoms with Crippen LogP contribution in [0.1, 0.15) is 18.9 Å². The summed E-state index contributed by atoms with van der Waals surface area (Å²) in [6.07, 6.45) is -2.22. The van der Waals surface area contributed by atoms with Crippen LogP contribution >= 0.6 is 0 Å². The summed E-state index contributed by atoms with van der Waals surface area (Å²) in [5.74, 6) is -0.457. The highest BCUT2D eigenvalue weighted by Crippen LogP contribution is 2.18. The Balaban J connectivity index is 1.49. The van der Waals surface area contributed by atoms with Gasteiger partial charge in [-0.05, 0) is 18.9 Å². The number of carbonyl (C=O) groups is 2. The van der Waals surface area contributed by atoms with Crippen molar-refractivity contribution in [2.75, 3.05) is 13.1 Å². The third-order valence-corrected chi connectivity index (χ3v) is 4.21. The fraction of sp³-hybridized carbons (Fsp3) is 0.529. The minimum Gasteiger partial charge on any atom is -0.445 e. The molecule has 2 fully saturated rings. The van der Waals surface area contributed by atoms with Crippen molar-refractivity contribution in [3.63, 3.8) is 0 Å². The summed E-state index contributed by atoms with van der Waals surface area (Å²) in [6.45, 7) is 2.40. The minimum atomic E-state index is -0.956. The van der Waals surface area contributed by atoms with Gasteiger partial charge >= 0.3 is 6.09 Å². The van der Waals surface area contributed by atoms with Crippen molar-refractivity contribution in [2.45, 2.75) is 44.7 Å². The van der Waals surface area contributed by atoms with Crippen LogP contribution in [0.25, 0.3) is 0 Å². The van der Waals surface area contributed by atoms with E-state index in [0.717, 1.165) is 5.56 Å². The highest BCUT2D eigenvalue weighted by atomic mass is 16.9. The number of hydrogen-bond donors (Lipinski definition) is 2. The second kappa shape index (κ2) is 7.81. The monoisotopic (exact) mass is 350 g/mol. The van der Waals surface area contributed by atoms with Gasteiger partial charge in [-0.25, -0.2) is 4.79 Å². The van der Waals surface area contributed by atoms with E-state index < -0.39 is 36.7 Å². The number of carbonyl (C=O) groups excluding carboxylic acids is 2. The number of aliphatic hydroxyl groups excluding tert-OH is 1. The number of aliphatic hydroxyl groups is 1. The van der Waals surface area contributed by atoms with Crippen LogP contribution in [0.2, 0.25) is 0 Å². The summed E-state index contributed by atoms with van der Waals surface area (Å²) in [4.78, 5) is 25.7. The maximum absolute atomic E-state index is 12.2. The van der Waals surface area contributed by atoms with Gasteiger partial charge in [-0.15, -0.1) is 0 Å². The predicted octanol–water partition coefficient (Wildman–Crippen LogP) is 0.593. The molecule has 1 aromatic rings. The van der Waals surface area contributed by atoms with E-state index in [-0.39, 0.29) is 13.2 Å². The number of hydrogen-bond acceptors (Lipinski definition) is 6. The molecule has 0 aromatic heterocycles. The van der Waals surface area contributed by atoms with Gasteiger partial charge in [0.1, 0.15) is 6.61 Å². The van der Waals surface area contributed by atoms with Crippen molar-refractivity contribution < 1.29 is 28.9 Å². The summed E-state index contributed by atoms with van der Waals surface area (Å²) >= 11 is 0. The topological polar surface area (TPSA) is 97.3 Å². The zero-order chi connectivity index (χ0) is 17.8. The Morgan fingerprint density at radius 1 is 1.32 bits per heavy atom. The van der Waals surface area contributed by atoms with Gasteiger partial charge < -0.3 is 29.5 Å². The largest absolute Gasteiger partial charge is 0.445 e. The standard InChI is InChI=1S/C17H22N2O6/c1-11-24-16(25-11)15(21)18-13-9-19(8-7-14(13)20)17(22)23-10-12-5-3-2-4-6-12/h2-6,11,13-14,16,20H,7-10H2,1H3,(H,18,21)/t11?,13-,14-,16?/m0/s1. The number of likely N-dealkylation sites (tertiary alicyclic amines) is 1. The Morgan fingerprint density at radius 2 is 2.04 bits per heavy atom. The lowest BCUT2D eigenvalue weighted by Crippen LogP contribution is -2.60. The lowest BCUT2D eigenvalue weighted by molar-refractivity contribution is -0.357. The number of nitrogens with one attached hydrogen (secondary N) is 1. The molecular formula is C17H22N2O6. The SMILES string of the molecule is CC1OC(C(=O)N[C@H]2CN(C(=O)OCc3ccccc3)CC[C@@H]2O)O1. The first-order valence-electron chi connectivity index (χ1n) is 8.28. The van der Waals surface area contributed by atoms with E-state index in [2.05, 4.69) is 5.32 Å². The molecule has 2 aliphatic heterocycles. The predicted molar refractivity (Wildman–Crippen MR) is 86.2 cm³/mol. The van der Waals surface area contributed by atoms with Crippen molar-refractivity contribution in [1.82, 2.24) is 10.2 Å². The lowest BCUT2D eigenvalue weighted by Gasteiger charge is -2.38. The van der Waals surface area contributed by atoms with E-state index in [9.17, 15) is 14.7 Å². The normalized spacial score (nSPS) is 28.8. The molecule has 25 heavy (non-hydrogen) atoms. The molecule has 2 aliphatic rings. The molecule has 0 spiro atoms. The van der Waals surface area contributed by atoms with E-state index in [1.54, 1.807) is 6.92 Å². The van der Waals surface area contributed by atoms with Crippen molar-refractivity contribution in [3.05, 3.63) is 35.9 Å². The summed E-state index contributed by atoms with van der Waals surface area (Å²) < 4.78 is 15.5. The summed E-state index contributed by atoms with van der Waals surface area (Å²) in [7, 11) is 0. The fourth-order valence-electron chi connectivity index (χ4n) is 2.79. The minimum absolute atomic E-state index is 0.169. The van der Waals surface area contributed by atoms with E-state index in [4.69, 9.17) is 14.2 Å². The highest BCUT2D eigenvalue weighted by Gasteiger charge is 2.38. The van der Waals surface area contributed by atoms with E-state index in [1.807, 2.05) is 30.3 Å². The van der Waals surface area contributed by atoms with Crippen LogP contribution in [0, 0.1) is 0 Å². The fourth-order valence-corrected chi connectivity index (χ4v) is 2.79. The van der Waals surface area contributed by atoms with Crippen molar-refractivity contribution >= 4 is 12.0 Å². The molecule has 0 saturated carbocycles. The van der Waals surface area contributed by atoms with Crippen molar-refractivity contribution in [1.29, 1.82) is 0 Å². The average molecular weight is 350 g/mol. The van der Waals surface area contributed by atoms with Crippen molar-refractivity contribution in [3.8, 4) is 0 Å². The number of piperidine rings is 1. The number of nitrogens with zero attached hydrogens (tertiary/aromatic N) is 1. The zero-order valence-corrected chi connectivity index (χ0v) is 14.0. The van der Waals surface area contributed by atoms with E-state index >= 15 is 0 Å². The molecule has 0 unspecified atom stereocenters. The molecule has 3 rings (SSSR count). The van der Waals surface area contributed by atoms with Gasteiger partial charge in [0.25, 0.3) is 5.91 Å². The molecule has 0 radical (unpaired) electrons. The summed E-state index contributed by atoms with van der Waals surface area (Å²) in [6, 6.07) is 8.79. The number of ether oxygens (including phenoxy) is 3. The van der Waals surface area contributed by atoms with E-state index in [0.29, 0.717) is 13.0 Å². The zero-order valence-electron chi connectivity index (χ0n) is 14.0. The first-order valence-corrected chi connectivity index (χ1v) is 8.28. The first-order chi connectivity index (χ1) is 12.0. The van der Waals surface area contributed by atoms with Crippen molar-refractivity contribution in [2.24, 2.45) is 0 Å². The molecule has 2 saturated heterocycles. The van der Waals surface area contributed by atoms with Crippen LogP contribution in [0.4, 0.5) is 4.79 Å². The molecule has 8 heteroatoms. The maximum Gasteiger partial charge on any atom is 0.410 e. The Labute approximate surface area is 145 Å². The molecule has 2 heterocycles. The summed E-state index contributed by atoms with van der Waals surface area (Å²) in [5.41, 5.74) is 0.895. The third kappa shape index (κ3) is 4.47. The van der Waals surface area contributed by atoms with Gasteiger partial charge in [-0.1, -0.05) is 30.3 Å². The Bertz CT molecular complexity index is 604. The third-order valence-electron chi connectivity index (χ3n) is 4.21. The van der Waals surface area contributed by atoms with Crippen LogP contribution in [-0.2, 0) is 25.6 Å². The molecular weight excluding hydrogens is 328 g/mol. The Hall–Kier alpha value is -2.16. The van der Waals surface area contributed by atoms with Gasteiger partial charge in [-0.2, -0.15) is 0 Å². The molecule has 0 aliphatic carbocycles. The number of rotatable bonds is 4. The summed E-state index contributed by atoms with van der Waals surface area (Å²) in [5, 5.41) is 12.7. The number of benzene rings is 1. The van der Waals surface area contributed by atoms with E-state index in [1.165, 1.54) is 4.90 Å². The molecule has 1 aromatic carbocycles. The van der Waals surface area contributed by atoms with Crippen LogP contribution in [0.3, 0.4) is 0 Å². The quantitative estimate of drug-likeness (QED) is 0.825. The van der Waals surface area contributed by atoms with Gasteiger partial charge in [0.05, 0.1) is 12.1 Å². The van der Waals surface area contributed by atoms with Gasteiger partial charge in [0, 0.05) is 13.1 Å².